The van der Waals surface area contributed by atoms with E-state index in [1.165, 1.54) is 29.3 Å². The van der Waals surface area contributed by atoms with Crippen LogP contribution in [0.5, 0.6) is 0 Å². The second kappa shape index (κ2) is 7.58. The summed E-state index contributed by atoms with van der Waals surface area (Å²) in [6.07, 6.45) is -3.00. The number of carbonyl (C=O) groups is 1. The van der Waals surface area contributed by atoms with Crippen LogP contribution in [0.15, 0.2) is 34.9 Å². The lowest BCUT2D eigenvalue weighted by atomic mass is 9.96. The monoisotopic (exact) mass is 399 g/mol. The van der Waals surface area contributed by atoms with Gasteiger partial charge in [0.15, 0.2) is 11.7 Å². The summed E-state index contributed by atoms with van der Waals surface area (Å²) in [5.74, 6) is -4.31. The summed E-state index contributed by atoms with van der Waals surface area (Å²) in [6, 6.07) is 5.78. The molecule has 11 heteroatoms. The molecule has 2 heterocycles. The third-order valence-corrected chi connectivity index (χ3v) is 4.67. The molecule has 1 fully saturated rings. The van der Waals surface area contributed by atoms with Crippen LogP contribution < -0.4 is 0 Å². The van der Waals surface area contributed by atoms with Crippen LogP contribution in [0.3, 0.4) is 0 Å². The third-order valence-electron chi connectivity index (χ3n) is 4.67. The van der Waals surface area contributed by atoms with Gasteiger partial charge in [-0.05, 0) is 0 Å². The van der Waals surface area contributed by atoms with Crippen molar-refractivity contribution >= 4 is 11.7 Å². The number of likely N-dealkylation sites (tertiary alicyclic amines) is 1. The van der Waals surface area contributed by atoms with Crippen LogP contribution in [0.25, 0.3) is 11.3 Å². The number of nitro groups is 1. The van der Waals surface area contributed by atoms with Crippen molar-refractivity contribution in [3.63, 3.8) is 0 Å². The van der Waals surface area contributed by atoms with Gasteiger partial charge in [0, 0.05) is 43.8 Å². The summed E-state index contributed by atoms with van der Waals surface area (Å²) in [4.78, 5) is 26.9. The van der Waals surface area contributed by atoms with Gasteiger partial charge in [0.25, 0.3) is 5.69 Å². The molecule has 1 aromatic heterocycles. The van der Waals surface area contributed by atoms with E-state index in [4.69, 9.17) is 9.52 Å². The second-order valence-electron chi connectivity index (χ2n) is 6.53. The zero-order chi connectivity index (χ0) is 20.5. The molecule has 0 aliphatic carbocycles. The number of nitrogens with zero attached hydrogens (tertiary/aromatic N) is 3. The largest absolute Gasteiger partial charge is 0.481 e. The Balaban J connectivity index is 1.64. The molecular weight excluding hydrogens is 383 g/mol. The average Bonchev–Trinajstić information content (AvgIpc) is 3.27. The number of nitro benzene ring substituents is 1. The van der Waals surface area contributed by atoms with Crippen molar-refractivity contribution in [3.8, 4) is 11.3 Å². The van der Waals surface area contributed by atoms with E-state index in [1.807, 2.05) is 0 Å². The fourth-order valence-electron chi connectivity index (χ4n) is 3.24. The number of halogens is 3. The first-order chi connectivity index (χ1) is 13.1. The van der Waals surface area contributed by atoms with Gasteiger partial charge in [0.05, 0.1) is 23.0 Å². The molecule has 2 aromatic rings. The van der Waals surface area contributed by atoms with Gasteiger partial charge in [-0.25, -0.2) is 4.98 Å². The van der Waals surface area contributed by atoms with E-state index in [-0.39, 0.29) is 37.6 Å². The summed E-state index contributed by atoms with van der Waals surface area (Å²) in [5.41, 5.74) is 0.350. The maximum atomic E-state index is 13.0. The molecule has 1 aromatic carbocycles. The lowest BCUT2D eigenvalue weighted by molar-refractivity contribution is -0.384. The Labute approximate surface area is 156 Å². The third kappa shape index (κ3) is 4.30. The first-order valence-electron chi connectivity index (χ1n) is 8.36. The molecule has 150 valence electrons. The van der Waals surface area contributed by atoms with Crippen molar-refractivity contribution in [2.45, 2.75) is 12.6 Å². The van der Waals surface area contributed by atoms with Crippen LogP contribution in [0.4, 0.5) is 18.9 Å². The topological polar surface area (TPSA) is 110 Å². The van der Waals surface area contributed by atoms with Crippen molar-refractivity contribution in [1.29, 1.82) is 0 Å². The van der Waals surface area contributed by atoms with Crippen molar-refractivity contribution in [2.24, 2.45) is 11.8 Å². The average molecular weight is 399 g/mol. The predicted molar refractivity (Wildman–Crippen MR) is 89.4 cm³/mol. The Kier molecular flexibility index (Phi) is 5.36. The molecule has 1 saturated heterocycles. The first kappa shape index (κ1) is 19.8. The lowest BCUT2D eigenvalue weighted by Crippen LogP contribution is -2.33. The van der Waals surface area contributed by atoms with E-state index < -0.39 is 28.9 Å². The number of oxazole rings is 1. The molecule has 8 nitrogen and oxygen atoms in total. The summed E-state index contributed by atoms with van der Waals surface area (Å²) in [6.45, 7) is -0.428. The summed E-state index contributed by atoms with van der Waals surface area (Å²) in [7, 11) is 0. The number of rotatable bonds is 6. The normalized spacial score (nSPS) is 20.4. The maximum absolute atomic E-state index is 13.0. The number of aliphatic carboxylic acids is 1. The van der Waals surface area contributed by atoms with Crippen molar-refractivity contribution in [2.75, 3.05) is 19.6 Å². The van der Waals surface area contributed by atoms with Crippen LogP contribution >= 0.6 is 0 Å². The Bertz CT molecular complexity index is 883. The van der Waals surface area contributed by atoms with E-state index in [0.717, 1.165) is 0 Å². The Morgan fingerprint density at radius 3 is 2.75 bits per heavy atom. The summed E-state index contributed by atoms with van der Waals surface area (Å²) >= 11 is 0. The minimum atomic E-state index is -4.57. The molecule has 0 amide bonds. The van der Waals surface area contributed by atoms with Gasteiger partial charge in [-0.15, -0.1) is 0 Å². The summed E-state index contributed by atoms with van der Waals surface area (Å²) < 4.78 is 44.6. The fourth-order valence-corrected chi connectivity index (χ4v) is 3.24. The van der Waals surface area contributed by atoms with E-state index in [1.54, 1.807) is 6.07 Å². The van der Waals surface area contributed by atoms with E-state index in [2.05, 4.69) is 4.98 Å². The number of alkyl halides is 3. The quantitative estimate of drug-likeness (QED) is 0.587. The number of benzene rings is 1. The van der Waals surface area contributed by atoms with Crippen LogP contribution in [0, 0.1) is 22.0 Å². The van der Waals surface area contributed by atoms with Gasteiger partial charge in [0.1, 0.15) is 0 Å². The van der Waals surface area contributed by atoms with Gasteiger partial charge < -0.3 is 14.4 Å². The molecule has 0 bridgehead atoms. The number of hydrogen-bond donors (Lipinski definition) is 1. The second-order valence-corrected chi connectivity index (χ2v) is 6.53. The molecule has 28 heavy (non-hydrogen) atoms. The molecule has 1 aliphatic rings. The molecule has 0 radical (unpaired) electrons. The molecule has 2 atom stereocenters. The Hall–Kier alpha value is -2.95. The van der Waals surface area contributed by atoms with Crippen molar-refractivity contribution < 1.29 is 32.4 Å². The molecule has 3 rings (SSSR count). The van der Waals surface area contributed by atoms with Crippen LogP contribution in [0.1, 0.15) is 5.89 Å². The number of non-ortho nitro benzene ring substituents is 1. The molecule has 1 N–H and O–H groups in total. The standard InChI is InChI=1S/C17H16F3N3O5/c18-17(19,20)13-9-22(8-12(13)16(24)25)5-4-15-21-7-14(28-15)10-2-1-3-11(6-10)23(26)27/h1-3,6-7,12-13H,4-5,8-9H2,(H,24,25)/t12-,13-/m1/s1. The molecular formula is C17H16F3N3O5. The zero-order valence-electron chi connectivity index (χ0n) is 14.4. The number of carboxylic acid groups (broad SMARTS) is 1. The van der Waals surface area contributed by atoms with Crippen LogP contribution in [-0.2, 0) is 11.2 Å². The van der Waals surface area contributed by atoms with Gasteiger partial charge in [-0.2, -0.15) is 13.2 Å². The highest BCUT2D eigenvalue weighted by molar-refractivity contribution is 5.71. The predicted octanol–water partition coefficient (Wildman–Crippen LogP) is 2.99. The Morgan fingerprint density at radius 2 is 2.14 bits per heavy atom. The zero-order valence-corrected chi connectivity index (χ0v) is 14.4. The lowest BCUT2D eigenvalue weighted by Gasteiger charge is -2.18. The smallest absolute Gasteiger partial charge is 0.393 e. The maximum Gasteiger partial charge on any atom is 0.393 e. The number of carboxylic acids is 1. The molecule has 0 unspecified atom stereocenters. The van der Waals surface area contributed by atoms with Crippen LogP contribution in [-0.4, -0.2) is 51.7 Å². The first-order valence-corrected chi connectivity index (χ1v) is 8.36. The molecule has 1 aliphatic heterocycles. The van der Waals surface area contributed by atoms with Gasteiger partial charge in [-0.3, -0.25) is 14.9 Å². The van der Waals surface area contributed by atoms with E-state index >= 15 is 0 Å². The fraction of sp³-hybridized carbons (Fsp3) is 0.412. The SMILES string of the molecule is O=C(O)[C@@H]1CN(CCc2ncc(-c3cccc([N+](=O)[O-])c3)o2)C[C@H]1C(F)(F)F. The summed E-state index contributed by atoms with van der Waals surface area (Å²) in [5, 5.41) is 19.9. The minimum absolute atomic E-state index is 0.106. The van der Waals surface area contributed by atoms with E-state index in [9.17, 15) is 28.1 Å². The highest BCUT2D eigenvalue weighted by atomic mass is 19.4. The molecule has 0 spiro atoms. The Morgan fingerprint density at radius 1 is 1.39 bits per heavy atom. The highest BCUT2D eigenvalue weighted by Crippen LogP contribution is 2.37. The van der Waals surface area contributed by atoms with E-state index in [0.29, 0.717) is 11.3 Å². The number of hydrogen-bond acceptors (Lipinski definition) is 6. The van der Waals surface area contributed by atoms with Gasteiger partial charge >= 0.3 is 12.1 Å². The minimum Gasteiger partial charge on any atom is -0.481 e. The van der Waals surface area contributed by atoms with Crippen LogP contribution in [0.2, 0.25) is 0 Å². The van der Waals surface area contributed by atoms with Crippen molar-refractivity contribution in [1.82, 2.24) is 9.88 Å². The highest BCUT2D eigenvalue weighted by Gasteiger charge is 2.52. The van der Waals surface area contributed by atoms with Gasteiger partial charge in [-0.1, -0.05) is 12.1 Å². The van der Waals surface area contributed by atoms with Gasteiger partial charge in [0.2, 0.25) is 0 Å². The van der Waals surface area contributed by atoms with Crippen molar-refractivity contribution in [3.05, 3.63) is 46.5 Å². The number of aromatic nitrogens is 1. The molecule has 0 saturated carbocycles.